The second-order valence-electron chi connectivity index (χ2n) is 11.4. The van der Waals surface area contributed by atoms with Crippen LogP contribution in [0.2, 0.25) is 0 Å². The van der Waals surface area contributed by atoms with E-state index in [0.717, 1.165) is 11.1 Å². The average molecular weight is 566 g/mol. The lowest BCUT2D eigenvalue weighted by molar-refractivity contribution is -0.132. The van der Waals surface area contributed by atoms with E-state index >= 15 is 0 Å². The second-order valence-corrected chi connectivity index (χ2v) is 11.4. The molecule has 4 amide bonds. The van der Waals surface area contributed by atoms with Crippen LogP contribution in [-0.4, -0.2) is 60.4 Å². The zero-order valence-corrected chi connectivity index (χ0v) is 24.2. The summed E-state index contributed by atoms with van der Waals surface area (Å²) in [5.74, 6) is -0.780. The molecule has 222 valence electrons. The molecule has 0 bridgehead atoms. The number of rotatable bonds is 7. The van der Waals surface area contributed by atoms with Gasteiger partial charge in [0.1, 0.15) is 23.4 Å². The number of amides is 4. The minimum Gasteiger partial charge on any atom is -0.488 e. The summed E-state index contributed by atoms with van der Waals surface area (Å²) in [6.07, 6.45) is 2.24. The molecule has 1 heterocycles. The van der Waals surface area contributed by atoms with Crippen molar-refractivity contribution in [2.24, 2.45) is 5.73 Å². The summed E-state index contributed by atoms with van der Waals surface area (Å²) in [5.41, 5.74) is 7.55. The van der Waals surface area contributed by atoms with Gasteiger partial charge in [0.05, 0.1) is 6.04 Å². The lowest BCUT2D eigenvalue weighted by Crippen LogP contribution is -2.56. The number of hydrogen-bond donors (Lipinski definition) is 5. The van der Waals surface area contributed by atoms with Gasteiger partial charge in [0.2, 0.25) is 23.6 Å². The number of nitrogens with one attached hydrogen (secondary N) is 4. The smallest absolute Gasteiger partial charge is 0.243 e. The minimum absolute atomic E-state index is 0.142. The van der Waals surface area contributed by atoms with Gasteiger partial charge in [0.15, 0.2) is 0 Å². The van der Waals surface area contributed by atoms with E-state index in [1.54, 1.807) is 0 Å². The van der Waals surface area contributed by atoms with Crippen LogP contribution in [-0.2, 0) is 32.0 Å². The molecule has 41 heavy (non-hydrogen) atoms. The second kappa shape index (κ2) is 15.2. The molecule has 0 spiro atoms. The van der Waals surface area contributed by atoms with Gasteiger partial charge in [-0.15, -0.1) is 0 Å². The number of benzene rings is 2. The fraction of sp³-hybridized carbons (Fsp3) is 0.484. The largest absolute Gasteiger partial charge is 0.488 e. The van der Waals surface area contributed by atoms with Gasteiger partial charge >= 0.3 is 0 Å². The van der Waals surface area contributed by atoms with Crippen LogP contribution >= 0.6 is 0 Å². The Balaban J connectivity index is 1.74. The summed E-state index contributed by atoms with van der Waals surface area (Å²) >= 11 is 0. The van der Waals surface area contributed by atoms with Crippen LogP contribution in [0.1, 0.15) is 57.6 Å². The van der Waals surface area contributed by atoms with Crippen molar-refractivity contribution in [1.82, 2.24) is 21.3 Å². The van der Waals surface area contributed by atoms with Gasteiger partial charge in [-0.2, -0.15) is 0 Å². The van der Waals surface area contributed by atoms with Gasteiger partial charge < -0.3 is 31.7 Å². The van der Waals surface area contributed by atoms with Crippen LogP contribution in [0.15, 0.2) is 54.6 Å². The molecular weight excluding hydrogens is 522 g/mol. The molecule has 10 heteroatoms. The van der Waals surface area contributed by atoms with Crippen molar-refractivity contribution in [1.29, 1.82) is 0 Å². The SMILES string of the molecule is CC(C)(C)Oc1ccc(CC2NC(=O)[C@@H](NC(=O)[C@@H](N)Cc3ccccc3)CCCCNC(=O)CCNC2=O)cc1. The third-order valence-corrected chi connectivity index (χ3v) is 6.58. The first-order valence-corrected chi connectivity index (χ1v) is 14.2. The van der Waals surface area contributed by atoms with E-state index < -0.39 is 35.8 Å². The maximum absolute atomic E-state index is 13.5. The molecule has 1 fully saturated rings. The summed E-state index contributed by atoms with van der Waals surface area (Å²) in [7, 11) is 0. The summed E-state index contributed by atoms with van der Waals surface area (Å²) < 4.78 is 5.88. The Hall–Kier alpha value is -3.92. The molecule has 0 aromatic heterocycles. The molecule has 0 aliphatic carbocycles. The molecular formula is C31H43N5O5. The van der Waals surface area contributed by atoms with Crippen LogP contribution in [0.3, 0.4) is 0 Å². The average Bonchev–Trinajstić information content (AvgIpc) is 2.92. The van der Waals surface area contributed by atoms with Crippen LogP contribution in [0, 0.1) is 0 Å². The van der Waals surface area contributed by atoms with Crippen LogP contribution in [0.5, 0.6) is 5.75 Å². The van der Waals surface area contributed by atoms with E-state index in [4.69, 9.17) is 10.5 Å². The van der Waals surface area contributed by atoms with E-state index in [-0.39, 0.29) is 30.9 Å². The lowest BCUT2D eigenvalue weighted by atomic mass is 10.0. The maximum atomic E-state index is 13.5. The molecule has 2 aromatic carbocycles. The normalized spacial score (nSPS) is 20.0. The highest BCUT2D eigenvalue weighted by Gasteiger charge is 2.28. The first-order chi connectivity index (χ1) is 19.5. The maximum Gasteiger partial charge on any atom is 0.243 e. The molecule has 1 aliphatic rings. The van der Waals surface area contributed by atoms with E-state index in [1.807, 2.05) is 75.4 Å². The van der Waals surface area contributed by atoms with Gasteiger partial charge in [0, 0.05) is 25.9 Å². The molecule has 1 aliphatic heterocycles. The predicted octanol–water partition coefficient (Wildman–Crippen LogP) is 1.75. The molecule has 6 N–H and O–H groups in total. The minimum atomic E-state index is -0.916. The van der Waals surface area contributed by atoms with Crippen molar-refractivity contribution < 1.29 is 23.9 Å². The first kappa shape index (κ1) is 31.6. The fourth-order valence-electron chi connectivity index (χ4n) is 4.48. The summed E-state index contributed by atoms with van der Waals surface area (Å²) in [4.78, 5) is 51.7. The Labute approximate surface area is 242 Å². The summed E-state index contributed by atoms with van der Waals surface area (Å²) in [5, 5.41) is 11.2. The molecule has 3 rings (SSSR count). The number of carbonyl (C=O) groups excluding carboxylic acids is 4. The molecule has 3 atom stereocenters. The van der Waals surface area contributed by atoms with E-state index in [1.165, 1.54) is 0 Å². The molecule has 0 saturated carbocycles. The Morgan fingerprint density at radius 2 is 1.66 bits per heavy atom. The number of carbonyl (C=O) groups is 4. The number of hydrogen-bond acceptors (Lipinski definition) is 6. The van der Waals surface area contributed by atoms with Gasteiger partial charge in [0.25, 0.3) is 0 Å². The Morgan fingerprint density at radius 3 is 2.34 bits per heavy atom. The highest BCUT2D eigenvalue weighted by Crippen LogP contribution is 2.19. The van der Waals surface area contributed by atoms with Crippen LogP contribution < -0.4 is 31.7 Å². The topological polar surface area (TPSA) is 152 Å². The monoisotopic (exact) mass is 565 g/mol. The van der Waals surface area contributed by atoms with Crippen molar-refractivity contribution >= 4 is 23.6 Å². The van der Waals surface area contributed by atoms with E-state index in [0.29, 0.717) is 38.0 Å². The zero-order valence-electron chi connectivity index (χ0n) is 24.2. The van der Waals surface area contributed by atoms with Crippen molar-refractivity contribution in [2.45, 2.75) is 83.0 Å². The lowest BCUT2D eigenvalue weighted by Gasteiger charge is -2.25. The third-order valence-electron chi connectivity index (χ3n) is 6.58. The summed E-state index contributed by atoms with van der Waals surface area (Å²) in [6, 6.07) is 14.1. The highest BCUT2D eigenvalue weighted by molar-refractivity contribution is 5.93. The quantitative estimate of drug-likeness (QED) is 0.345. The Morgan fingerprint density at radius 1 is 0.951 bits per heavy atom. The zero-order chi connectivity index (χ0) is 29.8. The molecule has 10 nitrogen and oxygen atoms in total. The van der Waals surface area contributed by atoms with Gasteiger partial charge in [-0.3, -0.25) is 19.2 Å². The standard InChI is InChI=1S/C31H43N5O5/c1-31(2,3)41-23-14-12-22(13-15-23)20-26-29(39)34-18-16-27(37)33-17-8-7-11-25(30(40)36-26)35-28(38)24(32)19-21-9-5-4-6-10-21/h4-6,9-10,12-15,24-26H,7-8,11,16-20,32H2,1-3H3,(H,33,37)(H,34,39)(H,35,38)(H,36,40)/t24-,25-,26?/m0/s1. The molecule has 0 radical (unpaired) electrons. The molecule has 2 aromatic rings. The Bertz CT molecular complexity index is 1160. The van der Waals surface area contributed by atoms with Crippen LogP contribution in [0.25, 0.3) is 0 Å². The van der Waals surface area contributed by atoms with Gasteiger partial charge in [-0.25, -0.2) is 0 Å². The van der Waals surface area contributed by atoms with Crippen molar-refractivity contribution in [2.75, 3.05) is 13.1 Å². The highest BCUT2D eigenvalue weighted by atomic mass is 16.5. The van der Waals surface area contributed by atoms with Crippen molar-refractivity contribution in [3.63, 3.8) is 0 Å². The first-order valence-electron chi connectivity index (χ1n) is 14.2. The van der Waals surface area contributed by atoms with Crippen LogP contribution in [0.4, 0.5) is 0 Å². The Kier molecular flexibility index (Phi) is 11.7. The van der Waals surface area contributed by atoms with E-state index in [9.17, 15) is 19.2 Å². The van der Waals surface area contributed by atoms with E-state index in [2.05, 4.69) is 21.3 Å². The van der Waals surface area contributed by atoms with Gasteiger partial charge in [-0.05, 0) is 69.7 Å². The molecule has 1 unspecified atom stereocenters. The van der Waals surface area contributed by atoms with Gasteiger partial charge in [-0.1, -0.05) is 42.5 Å². The van der Waals surface area contributed by atoms with Crippen molar-refractivity contribution in [3.05, 3.63) is 65.7 Å². The number of nitrogens with two attached hydrogens (primary N) is 1. The number of ether oxygens (including phenoxy) is 1. The third kappa shape index (κ3) is 11.2. The predicted molar refractivity (Wildman–Crippen MR) is 157 cm³/mol. The summed E-state index contributed by atoms with van der Waals surface area (Å²) in [6.45, 7) is 6.46. The van der Waals surface area contributed by atoms with Crippen molar-refractivity contribution in [3.8, 4) is 5.75 Å². The molecule has 1 saturated heterocycles. The fourth-order valence-corrected chi connectivity index (χ4v) is 4.48.